The molecule has 40 nitrogen and oxygen atoms in total. The molecule has 116 heavy (non-hydrogen) atoms. The second-order valence-electron chi connectivity index (χ2n) is 26.6. The minimum absolute atomic E-state index is 0.00561. The normalized spacial score (nSPS) is 13.3. The van der Waals surface area contributed by atoms with Gasteiger partial charge in [-0.1, -0.05) is 89.5 Å². The molecule has 2 aromatic heterocycles. The fraction of sp³-hybridized carbons (Fsp3) is 0.730. The molecule has 2 aromatic rings. The summed E-state index contributed by atoms with van der Waals surface area (Å²) in [6.07, 6.45) is 12.7. The topological polar surface area (TPSA) is 518 Å². The smallest absolute Gasteiger partial charge is 0.459 e. The molecule has 0 bridgehead atoms. The minimum atomic E-state index is -5.01. The number of aromatic nitrogens is 6. The van der Waals surface area contributed by atoms with Gasteiger partial charge in [0.2, 0.25) is 23.6 Å². The number of methoxy groups -OCH3 is 2. The highest BCUT2D eigenvalue weighted by Gasteiger charge is 2.35. The summed E-state index contributed by atoms with van der Waals surface area (Å²) in [4.78, 5) is 170. The van der Waals surface area contributed by atoms with Gasteiger partial charge < -0.3 is 92.4 Å². The summed E-state index contributed by atoms with van der Waals surface area (Å²) in [7, 11) is -4.97. The number of amides is 4. The quantitative estimate of drug-likeness (QED) is 0.0179. The molecule has 0 aromatic carbocycles. The Morgan fingerprint density at radius 3 is 1.12 bits per heavy atom. The molecule has 0 saturated heterocycles. The predicted octanol–water partition coefficient (Wildman–Crippen LogP) is 3.99. The molecule has 4 unspecified atom stereocenters. The van der Waals surface area contributed by atoms with E-state index < -0.39 is 142 Å². The first-order chi connectivity index (χ1) is 55.2. The van der Waals surface area contributed by atoms with Crippen molar-refractivity contribution in [3.8, 4) is 24.7 Å². The third kappa shape index (κ3) is 52.7. The number of nitrogens with one attached hydrogen (secondary N) is 4. The second-order valence-corrected chi connectivity index (χ2v) is 30.6. The van der Waals surface area contributed by atoms with E-state index in [2.05, 4.69) is 58.3 Å². The van der Waals surface area contributed by atoms with E-state index in [1.54, 1.807) is 13.8 Å². The Hall–Kier alpha value is -8.82. The number of phosphoric ester groups is 1. The van der Waals surface area contributed by atoms with Crippen LogP contribution in [0.1, 0.15) is 181 Å². The lowest BCUT2D eigenvalue weighted by Gasteiger charge is -2.27. The van der Waals surface area contributed by atoms with Crippen LogP contribution in [0.3, 0.4) is 0 Å². The lowest BCUT2D eigenvalue weighted by Crippen LogP contribution is -2.49. The van der Waals surface area contributed by atoms with Gasteiger partial charge in [-0.15, -0.1) is 23.0 Å². The van der Waals surface area contributed by atoms with Crippen LogP contribution in [-0.4, -0.2) is 254 Å². The van der Waals surface area contributed by atoms with Crippen molar-refractivity contribution in [1.82, 2.24) is 51.3 Å². The Balaban J connectivity index is 0.00000116. The van der Waals surface area contributed by atoms with Crippen molar-refractivity contribution in [2.45, 2.75) is 233 Å². The van der Waals surface area contributed by atoms with Crippen LogP contribution in [0.25, 0.3) is 0 Å². The summed E-state index contributed by atoms with van der Waals surface area (Å²) in [6.45, 7) is 13.0. The molecular formula is C74H120N10O30P2. The predicted molar refractivity (Wildman–Crippen MR) is 411 cm³/mol. The van der Waals surface area contributed by atoms with Crippen LogP contribution >= 0.6 is 15.2 Å². The molecule has 0 spiro atoms. The van der Waals surface area contributed by atoms with Gasteiger partial charge in [-0.05, 0) is 51.4 Å². The van der Waals surface area contributed by atoms with E-state index in [9.17, 15) is 76.5 Å². The zero-order valence-corrected chi connectivity index (χ0v) is 70.1. The maximum Gasteiger partial charge on any atom is 0.469 e. The van der Waals surface area contributed by atoms with Crippen molar-refractivity contribution in [3.05, 3.63) is 23.8 Å². The van der Waals surface area contributed by atoms with E-state index in [1.807, 2.05) is 27.7 Å². The first-order valence-corrected chi connectivity index (χ1v) is 42.5. The van der Waals surface area contributed by atoms with Crippen LogP contribution < -0.4 is 21.3 Å². The summed E-state index contributed by atoms with van der Waals surface area (Å²) >= 11 is 0. The Morgan fingerprint density at radius 2 is 0.793 bits per heavy atom. The van der Waals surface area contributed by atoms with Gasteiger partial charge in [0.15, 0.2) is 45.0 Å². The van der Waals surface area contributed by atoms with E-state index in [-0.39, 0.29) is 161 Å². The molecular weight excluding hydrogens is 1570 g/mol. The van der Waals surface area contributed by atoms with Crippen molar-refractivity contribution < 1.29 is 142 Å². The summed E-state index contributed by atoms with van der Waals surface area (Å²) in [5.74, 6) is -4.14. The van der Waals surface area contributed by atoms with Crippen LogP contribution in [0.4, 0.5) is 0 Å². The summed E-state index contributed by atoms with van der Waals surface area (Å²) in [5, 5.41) is 26.6. The Labute approximate surface area is 677 Å². The molecule has 2 heterocycles. The van der Waals surface area contributed by atoms with Gasteiger partial charge in [-0.3, -0.25) is 66.6 Å². The summed E-state index contributed by atoms with van der Waals surface area (Å²) < 4.78 is 99.9. The number of rotatable bonds is 64. The van der Waals surface area contributed by atoms with Crippen molar-refractivity contribution in [3.63, 3.8) is 0 Å². The van der Waals surface area contributed by atoms with Crippen LogP contribution in [0, 0.1) is 36.5 Å². The highest BCUT2D eigenvalue weighted by molar-refractivity contribution is 7.57. The van der Waals surface area contributed by atoms with Gasteiger partial charge in [-0.25, -0.2) is 13.9 Å². The Morgan fingerprint density at radius 1 is 0.457 bits per heavy atom. The van der Waals surface area contributed by atoms with Crippen molar-refractivity contribution >= 4 is 86.6 Å². The van der Waals surface area contributed by atoms with Crippen molar-refractivity contribution in [1.29, 1.82) is 0 Å². The zero-order valence-electron chi connectivity index (χ0n) is 68.3. The monoisotopic (exact) mass is 1690 g/mol. The van der Waals surface area contributed by atoms with Crippen molar-refractivity contribution in [2.75, 3.05) is 107 Å². The number of unbranched alkanes of at least 4 members (excludes halogenated alkanes) is 4. The van der Waals surface area contributed by atoms with E-state index >= 15 is 0 Å². The fourth-order valence-electron chi connectivity index (χ4n) is 9.56. The molecule has 0 aliphatic carbocycles. The van der Waals surface area contributed by atoms with Crippen LogP contribution in [-0.2, 0) is 159 Å². The number of esters is 8. The van der Waals surface area contributed by atoms with Crippen LogP contribution in [0.2, 0.25) is 0 Å². The maximum absolute atomic E-state index is 13.1. The molecule has 4 amide bonds. The lowest BCUT2D eigenvalue weighted by atomic mass is 10.0. The lowest BCUT2D eigenvalue weighted by molar-refractivity contribution is -0.172. The molecule has 6 N–H and O–H groups in total. The number of ether oxygens (including phenoxy) is 12. The molecule has 42 heteroatoms. The Bertz CT molecular complexity index is 3240. The largest absolute Gasteiger partial charge is 0.469 e. The SMILES string of the molecule is C#CCOC(=O)CCC(C)C(=O)NC(CCC(=O)OCc1cn(C[C@H](OC(=O)CCCC)[C@H](COP(=O)(O)O)OC(=O)CCCC)nn1)C(=O)NCCOCCOC.C#CCOC(=O)CCC(C)C(=O)NC(CCC(=O)OCc1cn(C[C@H](OC(=O)CCCC)[C@H](COP(C)(C)=O)OC(=O)CCCC)nn1)C(=O)NCCOCCOC. The molecule has 2 rings (SSSR count). The van der Waals surface area contributed by atoms with Gasteiger partial charge in [0.1, 0.15) is 36.7 Å². The number of phosphoric acid groups is 1. The van der Waals surface area contributed by atoms with Crippen LogP contribution in [0.5, 0.6) is 0 Å². The average Bonchev–Trinajstić information content (AvgIpc) is 1.65. The van der Waals surface area contributed by atoms with E-state index in [1.165, 1.54) is 49.3 Å². The van der Waals surface area contributed by atoms with Gasteiger partial charge in [0, 0.05) is 104 Å². The number of nitrogens with zero attached hydrogens (tertiary/aromatic N) is 6. The number of carbonyl (C=O) groups excluding carboxylic acids is 12. The highest BCUT2D eigenvalue weighted by atomic mass is 31.2. The molecule has 0 saturated carbocycles. The standard InChI is InChI=1S/C38H62N5O14P.C36H58N5O16P/c1-8-11-13-35(46)56-31(32(27-55-58(6,7)50)57-36(47)14-12-9-2)25-43-24-29(41-42-43)26-54-34(45)18-16-30(38(49)39-19-21-52-23-22-51-5)40-37(48)28(4)15-17-33(44)53-20-10-3;1-6-9-11-33(44)56-29(30(25-55-58(48,49)50)57-34(45)12-10-7-2)23-41-22-27(39-40-41)24-54-32(43)16-14-28(36(47)37-17-19-52-21-20-51-5)38-35(46)26(4)13-15-31(42)53-18-8-3/h3,24,28,30-32H,8-9,11-23,25-27H2,1-2,4-7H3,(H,39,49)(H,40,48);3,22,26,28-30H,6-7,9-21,23-25H2,1-2,4-5H3,(H,37,47)(H,38,46)(H2,48,49,50)/t28?,30?,31-,32-;26?,28?,29-,30-/m00/s1. The summed E-state index contributed by atoms with van der Waals surface area (Å²) in [6, 6.07) is -2.26. The maximum atomic E-state index is 13.1. The fourth-order valence-corrected chi connectivity index (χ4v) is 10.4. The van der Waals surface area contributed by atoms with Crippen molar-refractivity contribution in [2.24, 2.45) is 11.8 Å². The number of hydrogen-bond donors (Lipinski definition) is 6. The van der Waals surface area contributed by atoms with E-state index in [4.69, 9.17) is 74.2 Å². The molecule has 0 aliphatic heterocycles. The molecule has 656 valence electrons. The van der Waals surface area contributed by atoms with Gasteiger partial charge >= 0.3 is 55.6 Å². The van der Waals surface area contributed by atoms with Gasteiger partial charge in [0.05, 0.1) is 78.3 Å². The Kier molecular flexibility index (Phi) is 56.6. The zero-order chi connectivity index (χ0) is 86.7. The van der Waals surface area contributed by atoms with Crippen LogP contribution in [0.15, 0.2) is 12.4 Å². The second kappa shape index (κ2) is 62.4. The molecule has 0 radical (unpaired) electrons. The van der Waals surface area contributed by atoms with Gasteiger partial charge in [-0.2, -0.15) is 0 Å². The first-order valence-electron chi connectivity index (χ1n) is 38.5. The number of hydrogen-bond acceptors (Lipinski definition) is 32. The van der Waals surface area contributed by atoms with Gasteiger partial charge in [0.25, 0.3) is 0 Å². The first kappa shape index (κ1) is 105. The average molecular weight is 1690 g/mol. The van der Waals surface area contributed by atoms with E-state index in [0.717, 1.165) is 12.8 Å². The third-order valence-electron chi connectivity index (χ3n) is 16.1. The summed E-state index contributed by atoms with van der Waals surface area (Å²) in [5.41, 5.74) is 0.382. The molecule has 0 fully saturated rings. The third-order valence-corrected chi connectivity index (χ3v) is 17.4. The minimum Gasteiger partial charge on any atom is -0.459 e. The van der Waals surface area contributed by atoms with E-state index in [0.29, 0.717) is 65.0 Å². The number of terminal acetylenes is 2. The molecule has 8 atom stereocenters. The number of carbonyl (C=O) groups is 12. The molecule has 0 aliphatic rings. The highest BCUT2D eigenvalue weighted by Crippen LogP contribution is 2.38.